The van der Waals surface area contributed by atoms with Crippen molar-refractivity contribution in [3.8, 4) is 11.8 Å². The maximum Gasteiger partial charge on any atom is 0.303 e. The molecule has 0 saturated heterocycles. The molecule has 0 heterocycles. The number of hydrogen-bond acceptors (Lipinski definition) is 1. The second-order valence-electron chi connectivity index (χ2n) is 3.49. The fourth-order valence-electron chi connectivity index (χ4n) is 1.18. The Balaban J connectivity index is 3.15. The van der Waals surface area contributed by atoms with E-state index in [0.717, 1.165) is 44.9 Å². The molecule has 0 atom stereocenters. The lowest BCUT2D eigenvalue weighted by molar-refractivity contribution is -0.137. The highest BCUT2D eigenvalue weighted by Gasteiger charge is 1.94. The Bertz CT molecular complexity index is 233. The van der Waals surface area contributed by atoms with Gasteiger partial charge in [-0.15, -0.1) is 18.4 Å². The summed E-state index contributed by atoms with van der Waals surface area (Å²) < 4.78 is 0. The molecule has 0 unspecified atom stereocenters. The predicted octanol–water partition coefficient (Wildman–Crippen LogP) is 3.38. The third-order valence-corrected chi connectivity index (χ3v) is 2.03. The van der Waals surface area contributed by atoms with Gasteiger partial charge in [-0.3, -0.25) is 4.79 Å². The summed E-state index contributed by atoms with van der Waals surface area (Å²) in [4.78, 5) is 10.2. The molecule has 1 N–H and O–H groups in total. The van der Waals surface area contributed by atoms with Crippen LogP contribution in [-0.4, -0.2) is 11.1 Å². The van der Waals surface area contributed by atoms with Gasteiger partial charge in [-0.2, -0.15) is 0 Å². The van der Waals surface area contributed by atoms with Crippen LogP contribution in [0.4, 0.5) is 0 Å². The molecule has 0 rings (SSSR count). The van der Waals surface area contributed by atoms with Gasteiger partial charge in [-0.1, -0.05) is 12.5 Å². The standard InChI is InChI=1S/C13H20O2/c1-2-3-4-5-6-7-8-9-10-11-12-13(14)15/h2H,1,3-5,8-12H2,(H,14,15). The summed E-state index contributed by atoms with van der Waals surface area (Å²) in [5.74, 6) is 5.50. The molecule has 2 heteroatoms. The monoisotopic (exact) mass is 208 g/mol. The molecule has 0 amide bonds. The lowest BCUT2D eigenvalue weighted by atomic mass is 10.1. The number of carboxylic acids is 1. The highest BCUT2D eigenvalue weighted by atomic mass is 16.4. The van der Waals surface area contributed by atoms with Crippen LogP contribution in [0.25, 0.3) is 0 Å². The molecule has 84 valence electrons. The van der Waals surface area contributed by atoms with E-state index < -0.39 is 5.97 Å². The van der Waals surface area contributed by atoms with Crippen LogP contribution in [0, 0.1) is 11.8 Å². The van der Waals surface area contributed by atoms with Crippen LogP contribution in [0.5, 0.6) is 0 Å². The van der Waals surface area contributed by atoms with Gasteiger partial charge < -0.3 is 5.11 Å². The van der Waals surface area contributed by atoms with Crippen LogP contribution in [0.3, 0.4) is 0 Å². The minimum atomic E-state index is -0.703. The second kappa shape index (κ2) is 10.8. The van der Waals surface area contributed by atoms with Crippen molar-refractivity contribution in [1.29, 1.82) is 0 Å². The summed E-state index contributed by atoms with van der Waals surface area (Å²) in [7, 11) is 0. The van der Waals surface area contributed by atoms with E-state index >= 15 is 0 Å². The fraction of sp³-hybridized carbons (Fsp3) is 0.615. The van der Waals surface area contributed by atoms with E-state index in [1.807, 2.05) is 6.08 Å². The first-order valence-electron chi connectivity index (χ1n) is 5.55. The van der Waals surface area contributed by atoms with E-state index in [0.29, 0.717) is 0 Å². The molecule has 0 saturated carbocycles. The number of hydrogen-bond donors (Lipinski definition) is 1. The van der Waals surface area contributed by atoms with E-state index in [2.05, 4.69) is 18.4 Å². The molecule has 0 radical (unpaired) electrons. The number of aliphatic carboxylic acids is 1. The van der Waals surface area contributed by atoms with Gasteiger partial charge in [0, 0.05) is 19.3 Å². The first-order valence-corrected chi connectivity index (χ1v) is 5.55. The predicted molar refractivity (Wildman–Crippen MR) is 62.5 cm³/mol. The average Bonchev–Trinajstić information content (AvgIpc) is 2.20. The summed E-state index contributed by atoms with van der Waals surface area (Å²) in [6.07, 6.45) is 8.92. The van der Waals surface area contributed by atoms with Crippen molar-refractivity contribution in [1.82, 2.24) is 0 Å². The molecule has 0 aromatic heterocycles. The van der Waals surface area contributed by atoms with Crippen LogP contribution >= 0.6 is 0 Å². The number of carbonyl (C=O) groups is 1. The minimum absolute atomic E-state index is 0.284. The van der Waals surface area contributed by atoms with Gasteiger partial charge in [-0.05, 0) is 25.7 Å². The average molecular weight is 208 g/mol. The zero-order valence-corrected chi connectivity index (χ0v) is 9.30. The maximum atomic E-state index is 10.2. The number of unbranched alkanes of at least 4 members (excludes halogenated alkanes) is 5. The van der Waals surface area contributed by atoms with E-state index in [4.69, 9.17) is 5.11 Å². The molecule has 0 spiro atoms. The summed E-state index contributed by atoms with van der Waals surface area (Å²) in [5.41, 5.74) is 0. The first kappa shape index (κ1) is 13.8. The lowest BCUT2D eigenvalue weighted by Gasteiger charge is -1.93. The summed E-state index contributed by atoms with van der Waals surface area (Å²) in [6, 6.07) is 0. The highest BCUT2D eigenvalue weighted by molar-refractivity contribution is 5.66. The van der Waals surface area contributed by atoms with Gasteiger partial charge >= 0.3 is 5.97 Å². The van der Waals surface area contributed by atoms with Crippen LogP contribution in [-0.2, 0) is 4.79 Å². The van der Waals surface area contributed by atoms with Crippen LogP contribution in [0.15, 0.2) is 12.7 Å². The van der Waals surface area contributed by atoms with Crippen molar-refractivity contribution in [2.75, 3.05) is 0 Å². The summed E-state index contributed by atoms with van der Waals surface area (Å²) >= 11 is 0. The van der Waals surface area contributed by atoms with E-state index in [-0.39, 0.29) is 6.42 Å². The van der Waals surface area contributed by atoms with Crippen LogP contribution in [0.1, 0.15) is 51.4 Å². The Morgan fingerprint density at radius 1 is 1.13 bits per heavy atom. The first-order chi connectivity index (χ1) is 7.27. The van der Waals surface area contributed by atoms with Crippen molar-refractivity contribution in [2.24, 2.45) is 0 Å². The van der Waals surface area contributed by atoms with E-state index in [1.165, 1.54) is 0 Å². The maximum absolute atomic E-state index is 10.2. The molecule has 2 nitrogen and oxygen atoms in total. The Morgan fingerprint density at radius 2 is 1.80 bits per heavy atom. The molecular weight excluding hydrogens is 188 g/mol. The Hall–Kier alpha value is -1.23. The van der Waals surface area contributed by atoms with Gasteiger partial charge in [0.15, 0.2) is 0 Å². The summed E-state index contributed by atoms with van der Waals surface area (Å²) in [5, 5.41) is 8.40. The molecule has 0 aliphatic carbocycles. The van der Waals surface area contributed by atoms with Crippen molar-refractivity contribution in [3.63, 3.8) is 0 Å². The van der Waals surface area contributed by atoms with Gasteiger partial charge in [0.1, 0.15) is 0 Å². The number of carboxylic acid groups (broad SMARTS) is 1. The topological polar surface area (TPSA) is 37.3 Å². The third kappa shape index (κ3) is 12.8. The molecule has 0 aromatic rings. The number of allylic oxidation sites excluding steroid dienone is 1. The Labute approximate surface area is 92.4 Å². The zero-order chi connectivity index (χ0) is 11.4. The SMILES string of the molecule is C=CCCCC#CCCCCCC(=O)O. The summed E-state index contributed by atoms with van der Waals surface area (Å²) in [6.45, 7) is 3.65. The smallest absolute Gasteiger partial charge is 0.303 e. The molecular formula is C13H20O2. The Kier molecular flexibility index (Phi) is 9.96. The second-order valence-corrected chi connectivity index (χ2v) is 3.49. The van der Waals surface area contributed by atoms with E-state index in [9.17, 15) is 4.79 Å². The van der Waals surface area contributed by atoms with Crippen LogP contribution in [0.2, 0.25) is 0 Å². The van der Waals surface area contributed by atoms with E-state index in [1.54, 1.807) is 0 Å². The molecule has 15 heavy (non-hydrogen) atoms. The number of rotatable bonds is 8. The normalized spacial score (nSPS) is 9.07. The van der Waals surface area contributed by atoms with Crippen LogP contribution < -0.4 is 0 Å². The molecule has 0 bridgehead atoms. The van der Waals surface area contributed by atoms with Gasteiger partial charge in [0.25, 0.3) is 0 Å². The lowest BCUT2D eigenvalue weighted by Crippen LogP contribution is -1.93. The quantitative estimate of drug-likeness (QED) is 0.377. The van der Waals surface area contributed by atoms with Crippen molar-refractivity contribution < 1.29 is 9.90 Å². The molecule has 0 fully saturated rings. The Morgan fingerprint density at radius 3 is 2.40 bits per heavy atom. The zero-order valence-electron chi connectivity index (χ0n) is 9.30. The van der Waals surface area contributed by atoms with Gasteiger partial charge in [0.05, 0.1) is 0 Å². The highest BCUT2D eigenvalue weighted by Crippen LogP contribution is 2.02. The van der Waals surface area contributed by atoms with Gasteiger partial charge in [0.2, 0.25) is 0 Å². The largest absolute Gasteiger partial charge is 0.481 e. The van der Waals surface area contributed by atoms with Crippen molar-refractivity contribution in [3.05, 3.63) is 12.7 Å². The van der Waals surface area contributed by atoms with Crippen molar-refractivity contribution in [2.45, 2.75) is 51.4 Å². The van der Waals surface area contributed by atoms with Gasteiger partial charge in [-0.25, -0.2) is 0 Å². The molecule has 0 aliphatic heterocycles. The fourth-order valence-corrected chi connectivity index (χ4v) is 1.18. The molecule has 0 aromatic carbocycles. The van der Waals surface area contributed by atoms with Crippen molar-refractivity contribution >= 4 is 5.97 Å². The third-order valence-electron chi connectivity index (χ3n) is 2.03. The molecule has 0 aliphatic rings. The minimum Gasteiger partial charge on any atom is -0.481 e.